The molecule has 0 amide bonds. The van der Waals surface area contributed by atoms with E-state index in [1.807, 2.05) is 121 Å². The molecule has 0 fully saturated rings. The molecular weight excluding hydrogens is 544 g/mol. The van der Waals surface area contributed by atoms with Crippen LogP contribution in [0.1, 0.15) is 23.5 Å². The van der Waals surface area contributed by atoms with Crippen molar-refractivity contribution < 1.29 is 16.8 Å². The quantitative estimate of drug-likeness (QED) is 0.177. The molecule has 0 atom stereocenters. The molecule has 5 aromatic carbocycles. The molecule has 0 unspecified atom stereocenters. The van der Waals surface area contributed by atoms with Crippen LogP contribution >= 0.6 is 0 Å². The highest BCUT2D eigenvalue weighted by Gasteiger charge is 2.09. The molecule has 6 aromatic rings. The number of rotatable bonds is 6. The topological polar surface area (TPSA) is 13.1 Å². The van der Waals surface area contributed by atoms with E-state index in [-0.39, 0.29) is 23.7 Å². The van der Waals surface area contributed by atoms with Gasteiger partial charge in [0.25, 0.3) is 0 Å². The first kappa shape index (κ1) is 20.1. The van der Waals surface area contributed by atoms with E-state index in [9.17, 15) is 1.37 Å². The lowest BCUT2D eigenvalue weighted by Gasteiger charge is -2.10. The third-order valence-corrected chi connectivity index (χ3v) is 7.12. The largest absolute Gasteiger partial charge is 0.464 e. The molecule has 1 heteroatoms. The summed E-state index contributed by atoms with van der Waals surface area (Å²) in [7, 11) is 0. The van der Waals surface area contributed by atoms with E-state index in [0.29, 0.717) is 38.8 Å². The number of para-hydroxylation sites is 1. The van der Waals surface area contributed by atoms with Crippen molar-refractivity contribution in [2.75, 3.05) is 0 Å². The number of allylic oxidation sites excluding steroid dienone is 4. The number of hydrogen-bond donors (Lipinski definition) is 0. The zero-order valence-corrected chi connectivity index (χ0v) is 24.3. The van der Waals surface area contributed by atoms with Crippen molar-refractivity contribution >= 4 is 33.4 Å². The number of hydrogen-bond acceptors (Lipinski definition) is 1. The highest BCUT2D eigenvalue weighted by molar-refractivity contribution is 6.05. The molecular formula is C44H34O. The van der Waals surface area contributed by atoms with Crippen LogP contribution < -0.4 is 0 Å². The van der Waals surface area contributed by atoms with Gasteiger partial charge in [0.1, 0.15) is 5.58 Å². The lowest BCUT2D eigenvalue weighted by molar-refractivity contribution is 0.607. The van der Waals surface area contributed by atoms with Gasteiger partial charge < -0.3 is 4.42 Å². The second kappa shape index (κ2) is 14.5. The SMILES string of the molecule is [2H]C=C([2H])/C([2H])=C([2H])\C(=C\c1ccccc1)c1ccccccc(-c2cc(-c3c([2H])c([2H])c([2H])c([2H])c3[2H])ccoc3ccccc3c2)c2ccccc12. The summed E-state index contributed by atoms with van der Waals surface area (Å²) in [5, 5.41) is 2.16. The van der Waals surface area contributed by atoms with Gasteiger partial charge in [-0.25, -0.2) is 0 Å². The van der Waals surface area contributed by atoms with Gasteiger partial charge in [-0.05, 0) is 80.1 Å². The van der Waals surface area contributed by atoms with E-state index < -0.39 is 30.2 Å². The highest BCUT2D eigenvalue weighted by Crippen LogP contribution is 2.34. The zero-order valence-electron chi connectivity index (χ0n) is 33.3. The average Bonchev–Trinajstić information content (AvgIpc) is 3.28. The van der Waals surface area contributed by atoms with Gasteiger partial charge >= 0.3 is 0 Å². The van der Waals surface area contributed by atoms with Crippen molar-refractivity contribution in [3.63, 3.8) is 0 Å². The first-order valence-electron chi connectivity index (χ1n) is 19.0. The summed E-state index contributed by atoms with van der Waals surface area (Å²) in [5.74, 6) is 0. The van der Waals surface area contributed by atoms with Crippen LogP contribution in [0.15, 0.2) is 199 Å². The monoisotopic (exact) mass is 587 g/mol. The molecule has 0 N–H and O–H groups in total. The van der Waals surface area contributed by atoms with E-state index >= 15 is 0 Å². The van der Waals surface area contributed by atoms with Crippen molar-refractivity contribution in [2.24, 2.45) is 0 Å². The minimum Gasteiger partial charge on any atom is -0.464 e. The average molecular weight is 588 g/mol. The third kappa shape index (κ3) is 7.18. The first-order chi connectivity index (χ1) is 26.1. The fourth-order valence-corrected chi connectivity index (χ4v) is 5.07. The van der Waals surface area contributed by atoms with Crippen molar-refractivity contribution in [2.45, 2.75) is 0 Å². The maximum absolute atomic E-state index is 9.20. The Hall–Kier alpha value is -5.92. The number of benzene rings is 4. The van der Waals surface area contributed by atoms with Gasteiger partial charge in [-0.1, -0.05) is 164 Å². The van der Waals surface area contributed by atoms with Gasteiger partial charge in [0, 0.05) is 5.39 Å². The van der Waals surface area contributed by atoms with Gasteiger partial charge in [0.05, 0.1) is 18.6 Å². The van der Waals surface area contributed by atoms with Crippen LogP contribution in [-0.4, -0.2) is 0 Å². The summed E-state index contributed by atoms with van der Waals surface area (Å²) in [4.78, 5) is 0. The second-order valence-electron chi connectivity index (χ2n) is 10.00. The molecule has 0 aliphatic heterocycles. The molecule has 1 aromatic heterocycles. The van der Waals surface area contributed by atoms with Crippen LogP contribution in [0.4, 0.5) is 0 Å². The Morgan fingerprint density at radius 3 is 2.22 bits per heavy atom. The molecule has 1 nitrogen and oxygen atoms in total. The Balaban J connectivity index is 1.81. The summed E-state index contributed by atoms with van der Waals surface area (Å²) >= 11 is 0. The summed E-state index contributed by atoms with van der Waals surface area (Å²) < 4.78 is 82.3. The van der Waals surface area contributed by atoms with Crippen LogP contribution in [0.2, 0.25) is 0 Å². The number of fused-ring (bicyclic) bond motifs is 2. The summed E-state index contributed by atoms with van der Waals surface area (Å²) in [5.41, 5.74) is 3.93. The molecule has 216 valence electrons. The Bertz CT molecular complexity index is 2570. The Morgan fingerprint density at radius 2 is 1.38 bits per heavy atom. The van der Waals surface area contributed by atoms with Crippen molar-refractivity contribution in [3.8, 4) is 22.3 Å². The van der Waals surface area contributed by atoms with Gasteiger partial charge in [-0.15, -0.1) is 0 Å². The predicted octanol–water partition coefficient (Wildman–Crippen LogP) is 12.5. The van der Waals surface area contributed by atoms with Gasteiger partial charge in [-0.3, -0.25) is 0 Å². The lowest BCUT2D eigenvalue weighted by Crippen LogP contribution is -1.86. The maximum Gasteiger partial charge on any atom is 0.133 e. The van der Waals surface area contributed by atoms with Gasteiger partial charge in [-0.2, -0.15) is 0 Å². The first-order valence-corrected chi connectivity index (χ1v) is 14.4. The second-order valence-corrected chi connectivity index (χ2v) is 10.00. The Morgan fingerprint density at radius 1 is 0.667 bits per heavy atom. The van der Waals surface area contributed by atoms with E-state index in [1.165, 1.54) is 6.26 Å². The molecule has 1 heterocycles. The van der Waals surface area contributed by atoms with E-state index in [1.54, 1.807) is 18.2 Å². The molecule has 0 spiro atoms. The molecule has 45 heavy (non-hydrogen) atoms. The minimum atomic E-state index is -0.490. The van der Waals surface area contributed by atoms with Crippen molar-refractivity contribution in [1.82, 2.24) is 0 Å². The summed E-state index contributed by atoms with van der Waals surface area (Å²) in [6, 6.07) is 37.8. The van der Waals surface area contributed by atoms with Gasteiger partial charge in [0.2, 0.25) is 0 Å². The molecule has 0 radical (unpaired) electrons. The van der Waals surface area contributed by atoms with Crippen LogP contribution in [-0.2, 0) is 0 Å². The molecule has 0 saturated carbocycles. The standard InChI is InChI=1S/C44H34O/c1-2-3-20-37(31-34-18-8-6-9-19-34)40-24-12-4-5-13-25-41(43-27-16-15-26-42(40)43)39-32-36(35-21-10-7-11-22-35)29-30-45-44-28-17-14-23-38(44)33-39/h2-33H,1H2/b5-4?,12-4?,13-5?,20-3-,24-12?,25-13?,30-29?,36-32?,37-31-,39-33?,40-24?,41-25?,42-40?,43-41?/i1D,2D,3D,7D,10D,11D,20D,21D,22D/b2-1?,5-4?,12-4?,13-5?,20-3-,24-12?,25-13?,30-29?,36-32?,37-31-,39-33?,40-24?,41-25?,42-40?,43-41?. The van der Waals surface area contributed by atoms with Crippen LogP contribution in [0.5, 0.6) is 0 Å². The minimum absolute atomic E-state index is 0.0132. The van der Waals surface area contributed by atoms with Crippen molar-refractivity contribution in [3.05, 3.63) is 206 Å². The predicted molar refractivity (Wildman–Crippen MR) is 193 cm³/mol. The van der Waals surface area contributed by atoms with E-state index in [2.05, 4.69) is 0 Å². The van der Waals surface area contributed by atoms with E-state index in [4.69, 9.17) is 15.4 Å². The Labute approximate surface area is 278 Å². The fourth-order valence-electron chi connectivity index (χ4n) is 5.07. The molecule has 0 aliphatic rings. The van der Waals surface area contributed by atoms with Crippen LogP contribution in [0, 0.1) is 0 Å². The third-order valence-electron chi connectivity index (χ3n) is 7.12. The van der Waals surface area contributed by atoms with Crippen LogP contribution in [0.25, 0.3) is 55.6 Å². The van der Waals surface area contributed by atoms with Gasteiger partial charge in [0.15, 0.2) is 0 Å². The Kier molecular flexibility index (Phi) is 6.48. The molecule has 0 saturated heterocycles. The van der Waals surface area contributed by atoms with E-state index in [0.717, 1.165) is 22.9 Å². The zero-order chi connectivity index (χ0) is 38.4. The summed E-state index contributed by atoms with van der Waals surface area (Å²) in [6.45, 7) is 0.747. The fraction of sp³-hybridized carbons (Fsp3) is 0. The molecule has 0 bridgehead atoms. The smallest absolute Gasteiger partial charge is 0.133 e. The van der Waals surface area contributed by atoms with Crippen molar-refractivity contribution in [1.29, 1.82) is 0 Å². The maximum atomic E-state index is 9.20. The summed E-state index contributed by atoms with van der Waals surface area (Å²) in [6.07, 6.45) is 3.24. The van der Waals surface area contributed by atoms with Crippen LogP contribution in [0.3, 0.4) is 0 Å². The molecule has 0 aliphatic carbocycles. The molecule has 6 rings (SSSR count). The normalized spacial score (nSPS) is 15.0. The highest BCUT2D eigenvalue weighted by atomic mass is 16.3. The lowest BCUT2D eigenvalue weighted by atomic mass is 9.93.